The molecule has 10 heteroatoms. The Balaban J connectivity index is 1.61. The largest absolute Gasteiger partial charge is 0.552 e. The first kappa shape index (κ1) is 16.6. The summed E-state index contributed by atoms with van der Waals surface area (Å²) < 4.78 is 33.8. The van der Waals surface area contributed by atoms with Gasteiger partial charge in [0.05, 0.1) is 6.20 Å². The molecule has 4 rings (SSSR count). The zero-order chi connectivity index (χ0) is 17.6. The van der Waals surface area contributed by atoms with Gasteiger partial charge in [-0.1, -0.05) is 6.92 Å². The lowest BCUT2D eigenvalue weighted by Gasteiger charge is -2.40. The summed E-state index contributed by atoms with van der Waals surface area (Å²) in [5, 5.41) is 10.9. The highest BCUT2D eigenvalue weighted by Gasteiger charge is 2.41. The van der Waals surface area contributed by atoms with Gasteiger partial charge in [0.2, 0.25) is 0 Å². The normalized spacial score (nSPS) is 18.6. The number of fused-ring (bicyclic) bond motifs is 3. The molecule has 2 aromatic rings. The second kappa shape index (κ2) is 6.13. The maximum Gasteiger partial charge on any atom is 0.552 e. The van der Waals surface area contributed by atoms with Crippen LogP contribution in [-0.4, -0.2) is 54.5 Å². The lowest BCUT2D eigenvalue weighted by atomic mass is 9.75. The van der Waals surface area contributed by atoms with Crippen LogP contribution in [0.15, 0.2) is 24.4 Å². The molecule has 0 bridgehead atoms. The van der Waals surface area contributed by atoms with E-state index in [-0.39, 0.29) is 5.92 Å². The third-order valence-corrected chi connectivity index (χ3v) is 6.12. The number of hydrogen-bond donors (Lipinski definition) is 3. The van der Waals surface area contributed by atoms with Crippen molar-refractivity contribution in [3.8, 4) is 5.75 Å². The number of aromatic nitrogens is 2. The Morgan fingerprint density at radius 2 is 2.32 bits per heavy atom. The number of rotatable bonds is 5. The summed E-state index contributed by atoms with van der Waals surface area (Å²) in [6.45, 7) is 3.11. The third kappa shape index (κ3) is 2.84. The molecule has 0 unspecified atom stereocenters. The minimum absolute atomic E-state index is 0.0102. The van der Waals surface area contributed by atoms with Crippen LogP contribution in [-0.2, 0) is 10.2 Å². The van der Waals surface area contributed by atoms with Crippen molar-refractivity contribution < 1.29 is 18.1 Å². The van der Waals surface area contributed by atoms with Crippen LogP contribution in [0.25, 0.3) is 16.6 Å². The molecule has 1 fully saturated rings. The molecule has 0 aliphatic carbocycles. The molecule has 2 aliphatic rings. The zero-order valence-electron chi connectivity index (χ0n) is 13.8. The van der Waals surface area contributed by atoms with E-state index in [0.29, 0.717) is 25.4 Å². The molecular weight excluding hydrogens is 343 g/mol. The number of hydrogen-bond acceptors (Lipinski definition) is 5. The summed E-state index contributed by atoms with van der Waals surface area (Å²) in [7, 11) is -4.49. The van der Waals surface area contributed by atoms with Gasteiger partial charge < -0.3 is 14.7 Å². The van der Waals surface area contributed by atoms with Crippen LogP contribution in [0.2, 0.25) is 0 Å². The highest BCUT2D eigenvalue weighted by Crippen LogP contribution is 2.42. The van der Waals surface area contributed by atoms with Crippen molar-refractivity contribution in [1.29, 1.82) is 0 Å². The van der Waals surface area contributed by atoms with E-state index in [1.165, 1.54) is 4.31 Å². The van der Waals surface area contributed by atoms with E-state index < -0.39 is 17.3 Å². The van der Waals surface area contributed by atoms with Crippen LogP contribution < -0.4 is 9.38 Å². The number of nitrogens with zero attached hydrogens (tertiary/aromatic N) is 2. The molecule has 0 radical (unpaired) electrons. The van der Waals surface area contributed by atoms with E-state index in [1.807, 2.05) is 13.0 Å². The minimum atomic E-state index is -3.44. The number of nitrogens with one attached hydrogen (secondary N) is 2. The smallest absolute Gasteiger partial charge is 0.531 e. The molecule has 3 N–H and O–H groups in total. The van der Waals surface area contributed by atoms with Crippen molar-refractivity contribution in [3.63, 3.8) is 0 Å². The molecule has 1 saturated heterocycles. The second-order valence-electron chi connectivity index (χ2n) is 6.28. The van der Waals surface area contributed by atoms with Crippen LogP contribution in [0.4, 0.5) is 0 Å². The molecule has 4 heterocycles. The summed E-state index contributed by atoms with van der Waals surface area (Å²) in [6, 6.07) is 1.91. The van der Waals surface area contributed by atoms with Crippen LogP contribution >= 0.6 is 0 Å². The molecule has 132 valence electrons. The Morgan fingerprint density at radius 1 is 1.52 bits per heavy atom. The Kier molecular flexibility index (Phi) is 4.07. The topological polar surface area (TPSA) is 108 Å². The number of pyridine rings is 1. The van der Waals surface area contributed by atoms with Gasteiger partial charge in [-0.25, -0.2) is 9.71 Å². The van der Waals surface area contributed by atoms with E-state index in [4.69, 9.17) is 4.65 Å². The fourth-order valence-corrected chi connectivity index (χ4v) is 4.67. The molecule has 2 aliphatic heterocycles. The van der Waals surface area contributed by atoms with E-state index in [0.717, 1.165) is 28.6 Å². The highest BCUT2D eigenvalue weighted by atomic mass is 32.2. The molecule has 0 atom stereocenters. The number of H-pyrrole nitrogens is 1. The lowest BCUT2D eigenvalue weighted by Crippen LogP contribution is -2.54. The van der Waals surface area contributed by atoms with E-state index in [9.17, 15) is 13.4 Å². The van der Waals surface area contributed by atoms with Gasteiger partial charge >= 0.3 is 7.12 Å². The van der Waals surface area contributed by atoms with Gasteiger partial charge in [-0.05, 0) is 24.0 Å². The molecule has 0 spiro atoms. The standard InChI is InChI=1S/C15H19BN4O4S/c1-2-4-19-25(22,23)20-8-10(9-20)12-6-16(21)24-13-7-18-15-11(14(12)13)3-5-17-15/h3,5-7,10,19,21H,2,4,8-9H2,1H3,(H,17,18). The van der Waals surface area contributed by atoms with Crippen LogP contribution in [0.1, 0.15) is 18.9 Å². The van der Waals surface area contributed by atoms with Crippen molar-refractivity contribution in [2.24, 2.45) is 5.92 Å². The van der Waals surface area contributed by atoms with Gasteiger partial charge in [0.15, 0.2) is 0 Å². The summed E-state index contributed by atoms with van der Waals surface area (Å²) in [4.78, 5) is 7.34. The molecule has 0 saturated carbocycles. The van der Waals surface area contributed by atoms with Gasteiger partial charge in [0.1, 0.15) is 11.4 Å². The number of aromatic amines is 1. The quantitative estimate of drug-likeness (QED) is 0.673. The van der Waals surface area contributed by atoms with Crippen molar-refractivity contribution in [2.75, 3.05) is 19.6 Å². The first-order valence-electron chi connectivity index (χ1n) is 8.27. The zero-order valence-corrected chi connectivity index (χ0v) is 14.6. The average Bonchev–Trinajstić information content (AvgIpc) is 2.99. The van der Waals surface area contributed by atoms with E-state index in [1.54, 1.807) is 18.4 Å². The Bertz CT molecular complexity index is 936. The molecule has 2 aromatic heterocycles. The predicted octanol–water partition coefficient (Wildman–Crippen LogP) is 0.535. The second-order valence-corrected chi connectivity index (χ2v) is 8.04. The van der Waals surface area contributed by atoms with Crippen molar-refractivity contribution in [1.82, 2.24) is 19.0 Å². The summed E-state index contributed by atoms with van der Waals surface area (Å²) in [5.74, 6) is 2.18. The van der Waals surface area contributed by atoms with Crippen molar-refractivity contribution >= 4 is 33.9 Å². The van der Waals surface area contributed by atoms with Gasteiger partial charge in [0.25, 0.3) is 10.2 Å². The Hall–Kier alpha value is -1.88. The maximum atomic E-state index is 12.2. The maximum absolute atomic E-state index is 12.2. The fraction of sp³-hybridized carbons (Fsp3) is 0.400. The SMILES string of the molecule is CCCNS(=O)(=O)N1CC(C2=CB(O)Oc3cnc4[nH]ccc4c32)C1. The third-order valence-electron chi connectivity index (χ3n) is 4.57. The molecule has 25 heavy (non-hydrogen) atoms. The molecule has 0 amide bonds. The van der Waals surface area contributed by atoms with Gasteiger partial charge in [0, 0.05) is 42.7 Å². The first-order valence-corrected chi connectivity index (χ1v) is 9.71. The van der Waals surface area contributed by atoms with Crippen LogP contribution in [0.5, 0.6) is 5.75 Å². The van der Waals surface area contributed by atoms with Crippen molar-refractivity contribution in [3.05, 3.63) is 30.0 Å². The monoisotopic (exact) mass is 362 g/mol. The predicted molar refractivity (Wildman–Crippen MR) is 94.9 cm³/mol. The summed E-state index contributed by atoms with van der Waals surface area (Å²) >= 11 is 0. The molecule has 8 nitrogen and oxygen atoms in total. The summed E-state index contributed by atoms with van der Waals surface area (Å²) in [6.07, 6.45) is 4.13. The summed E-state index contributed by atoms with van der Waals surface area (Å²) in [5.41, 5.74) is 2.51. The highest BCUT2D eigenvalue weighted by molar-refractivity contribution is 7.87. The van der Waals surface area contributed by atoms with E-state index >= 15 is 0 Å². The van der Waals surface area contributed by atoms with E-state index in [2.05, 4.69) is 14.7 Å². The van der Waals surface area contributed by atoms with Gasteiger partial charge in [-0.15, -0.1) is 0 Å². The van der Waals surface area contributed by atoms with Gasteiger partial charge in [-0.2, -0.15) is 12.7 Å². The molecule has 0 aromatic carbocycles. The lowest BCUT2D eigenvalue weighted by molar-refractivity contribution is 0.246. The Morgan fingerprint density at radius 3 is 3.08 bits per heavy atom. The van der Waals surface area contributed by atoms with Gasteiger partial charge in [-0.3, -0.25) is 0 Å². The first-order chi connectivity index (χ1) is 12.0. The minimum Gasteiger partial charge on any atom is -0.531 e. The molecular formula is C15H19BN4O4S. The fourth-order valence-electron chi connectivity index (χ4n) is 3.27. The average molecular weight is 362 g/mol. The van der Waals surface area contributed by atoms with Crippen LogP contribution in [0.3, 0.4) is 0 Å². The van der Waals surface area contributed by atoms with Crippen molar-refractivity contribution in [2.45, 2.75) is 13.3 Å². The Labute approximate surface area is 146 Å². The van der Waals surface area contributed by atoms with Crippen LogP contribution in [0, 0.1) is 5.92 Å².